The van der Waals surface area contributed by atoms with Gasteiger partial charge in [-0.25, -0.2) is 0 Å². The van der Waals surface area contributed by atoms with Crippen molar-refractivity contribution in [1.29, 1.82) is 0 Å². The van der Waals surface area contributed by atoms with Crippen LogP contribution in [0.2, 0.25) is 5.02 Å². The van der Waals surface area contributed by atoms with Crippen molar-refractivity contribution >= 4 is 41.0 Å². The minimum absolute atomic E-state index is 0.558. The summed E-state index contributed by atoms with van der Waals surface area (Å²) < 4.78 is 0.846. The van der Waals surface area contributed by atoms with Crippen molar-refractivity contribution in [1.82, 2.24) is 10.2 Å². The summed E-state index contributed by atoms with van der Waals surface area (Å²) in [6.07, 6.45) is 0.773. The lowest BCUT2D eigenvalue weighted by Crippen LogP contribution is -1.81. The van der Waals surface area contributed by atoms with Gasteiger partial charge < -0.3 is 0 Å². The molecule has 1 aromatic carbocycles. The molecule has 0 amide bonds. The fourth-order valence-corrected chi connectivity index (χ4v) is 3.17. The van der Waals surface area contributed by atoms with Crippen molar-refractivity contribution in [2.75, 3.05) is 0 Å². The molecule has 0 saturated carbocycles. The molecule has 0 unspecified atom stereocenters. The third-order valence-electron chi connectivity index (χ3n) is 1.80. The molecule has 3 nitrogen and oxygen atoms in total. The van der Waals surface area contributed by atoms with Gasteiger partial charge in [0.15, 0.2) is 4.34 Å². The summed E-state index contributed by atoms with van der Waals surface area (Å²) in [5.74, 6) is 0. The fourth-order valence-electron chi connectivity index (χ4n) is 1.09. The van der Waals surface area contributed by atoms with Crippen LogP contribution in [0.15, 0.2) is 27.4 Å². The number of hydrogen-bond donors (Lipinski definition) is 0. The standard InChI is InChI=1S/C10H7ClN2OS2/c1-6-12-13-10(15-6)16-9-3-2-7(5-14)4-8(9)11/h2-5H,1H3. The third kappa shape index (κ3) is 2.61. The average Bonchev–Trinajstić information content (AvgIpc) is 2.67. The Bertz CT molecular complexity index is 527. The number of aldehydes is 1. The number of aromatic nitrogens is 2. The van der Waals surface area contributed by atoms with Gasteiger partial charge >= 0.3 is 0 Å². The molecule has 1 heterocycles. The number of hydrogen-bond acceptors (Lipinski definition) is 5. The molecule has 0 saturated heterocycles. The Morgan fingerprint density at radius 3 is 2.81 bits per heavy atom. The molecule has 2 aromatic rings. The molecular formula is C10H7ClN2OS2. The Hall–Kier alpha value is -0.910. The molecule has 0 aliphatic heterocycles. The third-order valence-corrected chi connectivity index (χ3v) is 4.19. The second kappa shape index (κ2) is 4.95. The number of carbonyl (C=O) groups is 1. The summed E-state index contributed by atoms with van der Waals surface area (Å²) in [5.41, 5.74) is 0.572. The summed E-state index contributed by atoms with van der Waals surface area (Å²) in [6.45, 7) is 1.90. The van der Waals surface area contributed by atoms with Crippen LogP contribution in [0.1, 0.15) is 15.4 Å². The zero-order valence-corrected chi connectivity index (χ0v) is 10.7. The first-order chi connectivity index (χ1) is 7.69. The van der Waals surface area contributed by atoms with Gasteiger partial charge in [0.25, 0.3) is 0 Å². The van der Waals surface area contributed by atoms with Crippen LogP contribution in [0.4, 0.5) is 0 Å². The molecule has 0 radical (unpaired) electrons. The molecule has 0 spiro atoms. The van der Waals surface area contributed by atoms with Crippen LogP contribution in [-0.2, 0) is 0 Å². The Balaban J connectivity index is 2.25. The number of benzene rings is 1. The molecule has 6 heteroatoms. The molecule has 0 N–H and O–H groups in total. The molecule has 1 aromatic heterocycles. The van der Waals surface area contributed by atoms with E-state index in [1.807, 2.05) is 13.0 Å². The van der Waals surface area contributed by atoms with E-state index >= 15 is 0 Å². The van der Waals surface area contributed by atoms with Gasteiger partial charge in [-0.3, -0.25) is 4.79 Å². The van der Waals surface area contributed by atoms with Crippen LogP contribution >= 0.6 is 34.7 Å². The minimum atomic E-state index is 0.558. The largest absolute Gasteiger partial charge is 0.298 e. The summed E-state index contributed by atoms with van der Waals surface area (Å²) in [7, 11) is 0. The predicted octanol–water partition coefficient (Wildman–Crippen LogP) is 3.46. The second-order valence-corrected chi connectivity index (χ2v) is 5.87. The smallest absolute Gasteiger partial charge is 0.179 e. The zero-order valence-electron chi connectivity index (χ0n) is 8.31. The monoisotopic (exact) mass is 270 g/mol. The topological polar surface area (TPSA) is 42.9 Å². The van der Waals surface area contributed by atoms with Crippen LogP contribution in [0.5, 0.6) is 0 Å². The molecule has 0 atom stereocenters. The summed E-state index contributed by atoms with van der Waals surface area (Å²) >= 11 is 9.01. The lowest BCUT2D eigenvalue weighted by atomic mass is 10.2. The maximum absolute atomic E-state index is 10.5. The van der Waals surface area contributed by atoms with Gasteiger partial charge in [0, 0.05) is 10.5 Å². The second-order valence-electron chi connectivity index (χ2n) is 3.00. The van der Waals surface area contributed by atoms with Crippen LogP contribution in [0.25, 0.3) is 0 Å². The minimum Gasteiger partial charge on any atom is -0.298 e. The highest BCUT2D eigenvalue weighted by Crippen LogP contribution is 2.34. The summed E-state index contributed by atoms with van der Waals surface area (Å²) in [5, 5.41) is 9.40. The summed E-state index contributed by atoms with van der Waals surface area (Å²) in [4.78, 5) is 11.4. The molecule has 16 heavy (non-hydrogen) atoms. The van der Waals surface area contributed by atoms with Crippen molar-refractivity contribution < 1.29 is 4.79 Å². The van der Waals surface area contributed by atoms with Crippen LogP contribution < -0.4 is 0 Å². The van der Waals surface area contributed by atoms with Gasteiger partial charge in [-0.1, -0.05) is 40.8 Å². The van der Waals surface area contributed by atoms with E-state index in [1.54, 1.807) is 12.1 Å². The molecule has 0 bridgehead atoms. The van der Waals surface area contributed by atoms with Crippen molar-refractivity contribution in [3.8, 4) is 0 Å². The number of nitrogens with zero attached hydrogens (tertiary/aromatic N) is 2. The van der Waals surface area contributed by atoms with E-state index in [0.29, 0.717) is 10.6 Å². The Kier molecular flexibility index (Phi) is 3.58. The number of rotatable bonds is 3. The quantitative estimate of drug-likeness (QED) is 0.801. The summed E-state index contributed by atoms with van der Waals surface area (Å²) in [6, 6.07) is 5.19. The van der Waals surface area contributed by atoms with Gasteiger partial charge in [-0.15, -0.1) is 10.2 Å². The first-order valence-corrected chi connectivity index (χ1v) is 6.43. The van der Waals surface area contributed by atoms with Gasteiger partial charge in [0.1, 0.15) is 11.3 Å². The average molecular weight is 271 g/mol. The van der Waals surface area contributed by atoms with E-state index < -0.39 is 0 Å². The van der Waals surface area contributed by atoms with E-state index in [-0.39, 0.29) is 0 Å². The van der Waals surface area contributed by atoms with Gasteiger partial charge in [-0.05, 0) is 19.1 Å². The van der Waals surface area contributed by atoms with E-state index in [2.05, 4.69) is 10.2 Å². The lowest BCUT2D eigenvalue weighted by molar-refractivity contribution is 0.112. The van der Waals surface area contributed by atoms with E-state index in [1.165, 1.54) is 23.1 Å². The van der Waals surface area contributed by atoms with Crippen LogP contribution in [-0.4, -0.2) is 16.5 Å². The highest BCUT2D eigenvalue weighted by molar-refractivity contribution is 8.01. The highest BCUT2D eigenvalue weighted by atomic mass is 35.5. The van der Waals surface area contributed by atoms with Crippen molar-refractivity contribution in [2.24, 2.45) is 0 Å². The maximum Gasteiger partial charge on any atom is 0.179 e. The molecule has 82 valence electrons. The fraction of sp³-hybridized carbons (Fsp3) is 0.100. The zero-order chi connectivity index (χ0) is 11.5. The molecule has 0 fully saturated rings. The van der Waals surface area contributed by atoms with E-state index in [9.17, 15) is 4.79 Å². The van der Waals surface area contributed by atoms with Gasteiger partial charge in [-0.2, -0.15) is 0 Å². The normalized spacial score (nSPS) is 10.4. The van der Waals surface area contributed by atoms with E-state index in [4.69, 9.17) is 11.6 Å². The molecule has 0 aliphatic rings. The van der Waals surface area contributed by atoms with Crippen molar-refractivity contribution in [3.63, 3.8) is 0 Å². The molecule has 0 aliphatic carbocycles. The van der Waals surface area contributed by atoms with Gasteiger partial charge in [0.2, 0.25) is 0 Å². The SMILES string of the molecule is Cc1nnc(Sc2ccc(C=O)cc2Cl)s1. The molecular weight excluding hydrogens is 264 g/mol. The lowest BCUT2D eigenvalue weighted by Gasteiger charge is -2.00. The van der Waals surface area contributed by atoms with Crippen LogP contribution in [0.3, 0.4) is 0 Å². The number of halogens is 1. The van der Waals surface area contributed by atoms with Crippen LogP contribution in [0, 0.1) is 6.92 Å². The van der Waals surface area contributed by atoms with E-state index in [0.717, 1.165) is 20.5 Å². The maximum atomic E-state index is 10.5. The Morgan fingerprint density at radius 1 is 1.44 bits per heavy atom. The number of carbonyl (C=O) groups excluding carboxylic acids is 1. The first-order valence-electron chi connectivity index (χ1n) is 4.42. The number of aryl methyl sites for hydroxylation is 1. The first kappa shape index (κ1) is 11.6. The predicted molar refractivity (Wildman–Crippen MR) is 65.6 cm³/mol. The highest BCUT2D eigenvalue weighted by Gasteiger charge is 2.07. The molecule has 2 rings (SSSR count). The van der Waals surface area contributed by atoms with Crippen molar-refractivity contribution in [2.45, 2.75) is 16.2 Å². The van der Waals surface area contributed by atoms with Gasteiger partial charge in [0.05, 0.1) is 5.02 Å². The Morgan fingerprint density at radius 2 is 2.25 bits per heavy atom. The Labute approximate surface area is 106 Å². The van der Waals surface area contributed by atoms with Crippen molar-refractivity contribution in [3.05, 3.63) is 33.8 Å².